The molecule has 1 amide bonds. The van der Waals surface area contributed by atoms with E-state index in [1.807, 2.05) is 19.1 Å². The quantitative estimate of drug-likeness (QED) is 0.793. The summed E-state index contributed by atoms with van der Waals surface area (Å²) in [6.07, 6.45) is 4.13. The van der Waals surface area contributed by atoms with Crippen molar-refractivity contribution in [1.29, 1.82) is 0 Å². The number of hydrogen-bond donors (Lipinski definition) is 2. The number of methoxy groups -OCH3 is 1. The van der Waals surface area contributed by atoms with Crippen molar-refractivity contribution < 1.29 is 17.9 Å². The fraction of sp³-hybridized carbons (Fsp3) is 0.350. The van der Waals surface area contributed by atoms with Crippen molar-refractivity contribution >= 4 is 21.6 Å². The number of anilines is 1. The van der Waals surface area contributed by atoms with Crippen LogP contribution in [0.2, 0.25) is 0 Å². The van der Waals surface area contributed by atoms with E-state index in [-0.39, 0.29) is 22.6 Å². The molecule has 1 saturated carbocycles. The second-order valence-electron chi connectivity index (χ2n) is 6.79. The lowest BCUT2D eigenvalue weighted by molar-refractivity contribution is 0.0937. The van der Waals surface area contributed by atoms with Gasteiger partial charge in [0.2, 0.25) is 0 Å². The van der Waals surface area contributed by atoms with Crippen molar-refractivity contribution in [3.05, 3.63) is 53.6 Å². The smallest absolute Gasteiger partial charge is 0.265 e. The van der Waals surface area contributed by atoms with Gasteiger partial charge in [-0.3, -0.25) is 9.52 Å². The molecule has 2 N–H and O–H groups in total. The molecule has 2 aromatic rings. The highest BCUT2D eigenvalue weighted by molar-refractivity contribution is 7.92. The highest BCUT2D eigenvalue weighted by Gasteiger charge is 2.23. The van der Waals surface area contributed by atoms with E-state index < -0.39 is 10.0 Å². The summed E-state index contributed by atoms with van der Waals surface area (Å²) in [5.41, 5.74) is 1.77. The number of nitrogens with one attached hydrogen (secondary N) is 2. The number of carbonyl (C=O) groups excluding carboxylic acids is 1. The summed E-state index contributed by atoms with van der Waals surface area (Å²) < 4.78 is 33.5. The third-order valence-electron chi connectivity index (χ3n) is 4.71. The molecule has 0 spiro atoms. The molecule has 1 aliphatic carbocycles. The summed E-state index contributed by atoms with van der Waals surface area (Å²) in [6.45, 7) is 1.92. The normalized spacial score (nSPS) is 14.7. The molecule has 6 nitrogen and oxygen atoms in total. The lowest BCUT2D eigenvalue weighted by Gasteiger charge is -2.15. The van der Waals surface area contributed by atoms with E-state index in [1.165, 1.54) is 19.2 Å². The average Bonchev–Trinajstić information content (AvgIpc) is 3.16. The van der Waals surface area contributed by atoms with Gasteiger partial charge in [0.05, 0.1) is 7.11 Å². The Bertz CT molecular complexity index is 917. The van der Waals surface area contributed by atoms with Gasteiger partial charge in [0.15, 0.2) is 0 Å². The molecule has 144 valence electrons. The standard InChI is InChI=1S/C20H24N2O4S/c1-14-7-10-17(11-8-14)22-27(24,25)19-13-15(9-12-18(19)26-2)20(23)21-16-5-3-4-6-16/h7-13,16,22H,3-6H2,1-2H3,(H,21,23). The topological polar surface area (TPSA) is 84.5 Å². The van der Waals surface area contributed by atoms with E-state index in [0.717, 1.165) is 31.2 Å². The minimum Gasteiger partial charge on any atom is -0.495 e. The molecule has 0 radical (unpaired) electrons. The predicted octanol–water partition coefficient (Wildman–Crippen LogP) is 3.48. The first-order chi connectivity index (χ1) is 12.9. The molecule has 0 unspecified atom stereocenters. The van der Waals surface area contributed by atoms with Gasteiger partial charge < -0.3 is 10.1 Å². The Morgan fingerprint density at radius 2 is 1.74 bits per heavy atom. The van der Waals surface area contributed by atoms with Gasteiger partial charge in [-0.1, -0.05) is 30.5 Å². The van der Waals surface area contributed by atoms with E-state index in [9.17, 15) is 13.2 Å². The van der Waals surface area contributed by atoms with Crippen LogP contribution in [0.5, 0.6) is 5.75 Å². The van der Waals surface area contributed by atoms with E-state index in [1.54, 1.807) is 18.2 Å². The Morgan fingerprint density at radius 1 is 1.07 bits per heavy atom. The number of amides is 1. The Morgan fingerprint density at radius 3 is 2.37 bits per heavy atom. The lowest BCUT2D eigenvalue weighted by Crippen LogP contribution is -2.32. The number of aryl methyl sites for hydroxylation is 1. The maximum absolute atomic E-state index is 12.9. The molecule has 1 aliphatic rings. The molecule has 0 atom stereocenters. The number of hydrogen-bond acceptors (Lipinski definition) is 4. The lowest BCUT2D eigenvalue weighted by atomic mass is 10.1. The first-order valence-corrected chi connectivity index (χ1v) is 10.5. The first-order valence-electron chi connectivity index (χ1n) is 8.97. The molecular formula is C20H24N2O4S. The summed E-state index contributed by atoms with van der Waals surface area (Å²) in [7, 11) is -2.51. The third-order valence-corrected chi connectivity index (χ3v) is 6.11. The minimum atomic E-state index is -3.91. The largest absolute Gasteiger partial charge is 0.495 e. The molecule has 7 heteroatoms. The second kappa shape index (κ2) is 8.00. The van der Waals surface area contributed by atoms with Gasteiger partial charge in [-0.15, -0.1) is 0 Å². The highest BCUT2D eigenvalue weighted by Crippen LogP contribution is 2.27. The summed E-state index contributed by atoms with van der Waals surface area (Å²) >= 11 is 0. The molecule has 0 bridgehead atoms. The monoisotopic (exact) mass is 388 g/mol. The number of carbonyl (C=O) groups is 1. The van der Waals surface area contributed by atoms with E-state index in [2.05, 4.69) is 10.0 Å². The van der Waals surface area contributed by atoms with Gasteiger partial charge in [-0.2, -0.15) is 0 Å². The van der Waals surface area contributed by atoms with Gasteiger partial charge >= 0.3 is 0 Å². The molecule has 0 aliphatic heterocycles. The molecule has 3 rings (SSSR count). The van der Waals surface area contributed by atoms with Crippen LogP contribution in [0.1, 0.15) is 41.6 Å². The van der Waals surface area contributed by atoms with E-state index in [0.29, 0.717) is 11.3 Å². The summed E-state index contributed by atoms with van der Waals surface area (Å²) in [5, 5.41) is 2.97. The number of sulfonamides is 1. The molecular weight excluding hydrogens is 364 g/mol. The van der Waals surface area contributed by atoms with Crippen LogP contribution < -0.4 is 14.8 Å². The SMILES string of the molecule is COc1ccc(C(=O)NC2CCCC2)cc1S(=O)(=O)Nc1ccc(C)cc1. The zero-order valence-electron chi connectivity index (χ0n) is 15.5. The minimum absolute atomic E-state index is 0.0651. The molecule has 27 heavy (non-hydrogen) atoms. The molecule has 0 saturated heterocycles. The van der Waals surface area contributed by atoms with Gasteiger partial charge in [-0.05, 0) is 50.1 Å². The van der Waals surface area contributed by atoms with E-state index in [4.69, 9.17) is 4.74 Å². The fourth-order valence-electron chi connectivity index (χ4n) is 3.20. The maximum atomic E-state index is 12.9. The summed E-state index contributed by atoms with van der Waals surface area (Å²) in [4.78, 5) is 12.4. The second-order valence-corrected chi connectivity index (χ2v) is 8.44. The third kappa shape index (κ3) is 4.60. The van der Waals surface area contributed by atoms with Gasteiger partial charge in [0, 0.05) is 17.3 Å². The average molecular weight is 388 g/mol. The van der Waals surface area contributed by atoms with Crippen LogP contribution in [0.4, 0.5) is 5.69 Å². The van der Waals surface area contributed by atoms with Crippen LogP contribution in [-0.2, 0) is 10.0 Å². The van der Waals surface area contributed by atoms with Gasteiger partial charge in [0.25, 0.3) is 15.9 Å². The molecule has 0 heterocycles. The van der Waals surface area contributed by atoms with Crippen molar-refractivity contribution in [3.63, 3.8) is 0 Å². The number of benzene rings is 2. The van der Waals surface area contributed by atoms with Crippen LogP contribution in [-0.4, -0.2) is 27.5 Å². The molecule has 1 fully saturated rings. The number of ether oxygens (including phenoxy) is 1. The van der Waals surface area contributed by atoms with Crippen LogP contribution >= 0.6 is 0 Å². The predicted molar refractivity (Wildman–Crippen MR) is 105 cm³/mol. The first kappa shape index (κ1) is 19.2. The number of rotatable bonds is 6. The van der Waals surface area contributed by atoms with Crippen LogP contribution in [0, 0.1) is 6.92 Å². The fourth-order valence-corrected chi connectivity index (χ4v) is 4.45. The van der Waals surface area contributed by atoms with E-state index >= 15 is 0 Å². The zero-order chi connectivity index (χ0) is 19.4. The van der Waals surface area contributed by atoms with Crippen molar-refractivity contribution in [3.8, 4) is 5.75 Å². The van der Waals surface area contributed by atoms with Crippen LogP contribution in [0.15, 0.2) is 47.4 Å². The summed E-state index contributed by atoms with van der Waals surface area (Å²) in [6, 6.07) is 11.6. The highest BCUT2D eigenvalue weighted by atomic mass is 32.2. The van der Waals surface area contributed by atoms with Crippen LogP contribution in [0.3, 0.4) is 0 Å². The summed E-state index contributed by atoms with van der Waals surface area (Å²) in [5.74, 6) is -0.0802. The Labute approximate surface area is 160 Å². The van der Waals surface area contributed by atoms with Crippen LogP contribution in [0.25, 0.3) is 0 Å². The van der Waals surface area contributed by atoms with Crippen molar-refractivity contribution in [2.75, 3.05) is 11.8 Å². The Kier molecular flexibility index (Phi) is 5.70. The molecule has 0 aromatic heterocycles. The Hall–Kier alpha value is -2.54. The van der Waals surface area contributed by atoms with Crippen molar-refractivity contribution in [1.82, 2.24) is 5.32 Å². The zero-order valence-corrected chi connectivity index (χ0v) is 16.3. The van der Waals surface area contributed by atoms with Crippen molar-refractivity contribution in [2.24, 2.45) is 0 Å². The maximum Gasteiger partial charge on any atom is 0.265 e. The van der Waals surface area contributed by atoms with Gasteiger partial charge in [-0.25, -0.2) is 8.42 Å². The van der Waals surface area contributed by atoms with Crippen molar-refractivity contribution in [2.45, 2.75) is 43.5 Å². The van der Waals surface area contributed by atoms with Gasteiger partial charge in [0.1, 0.15) is 10.6 Å². The Balaban J connectivity index is 1.87. The molecule has 2 aromatic carbocycles.